The number of amides is 1. The van der Waals surface area contributed by atoms with Crippen LogP contribution in [0.25, 0.3) is 0 Å². The zero-order valence-corrected chi connectivity index (χ0v) is 15.8. The van der Waals surface area contributed by atoms with E-state index >= 15 is 0 Å². The number of ketones is 1. The standard InChI is InChI=1S/C21H30N2O2/c1-5-15(2)17(4)21(25)23-13-19(12-20(24)14-23)22-16(3)11-18-9-7-6-8-10-18/h6-10,12,15-17,22H,5,11,13-14H2,1-4H3. The van der Waals surface area contributed by atoms with Crippen LogP contribution in [0.2, 0.25) is 0 Å². The molecule has 136 valence electrons. The number of hydrogen-bond donors (Lipinski definition) is 1. The van der Waals surface area contributed by atoms with E-state index in [4.69, 9.17) is 0 Å². The summed E-state index contributed by atoms with van der Waals surface area (Å²) in [5.41, 5.74) is 2.09. The Balaban J connectivity index is 1.97. The molecule has 1 aromatic carbocycles. The summed E-state index contributed by atoms with van der Waals surface area (Å²) in [6.45, 7) is 8.92. The summed E-state index contributed by atoms with van der Waals surface area (Å²) >= 11 is 0. The van der Waals surface area contributed by atoms with E-state index < -0.39 is 0 Å². The van der Waals surface area contributed by atoms with E-state index in [9.17, 15) is 9.59 Å². The maximum atomic E-state index is 12.7. The van der Waals surface area contributed by atoms with E-state index in [-0.39, 0.29) is 30.2 Å². The number of rotatable bonds is 7. The van der Waals surface area contributed by atoms with Gasteiger partial charge in [0, 0.05) is 23.7 Å². The largest absolute Gasteiger partial charge is 0.384 e. The number of carbonyl (C=O) groups is 2. The fraction of sp³-hybridized carbons (Fsp3) is 0.524. The maximum Gasteiger partial charge on any atom is 0.226 e. The minimum Gasteiger partial charge on any atom is -0.384 e. The van der Waals surface area contributed by atoms with Crippen LogP contribution in [-0.4, -0.2) is 35.7 Å². The first-order valence-electron chi connectivity index (χ1n) is 9.23. The van der Waals surface area contributed by atoms with Crippen molar-refractivity contribution < 1.29 is 9.59 Å². The van der Waals surface area contributed by atoms with E-state index in [0.29, 0.717) is 12.5 Å². The summed E-state index contributed by atoms with van der Waals surface area (Å²) in [4.78, 5) is 26.5. The van der Waals surface area contributed by atoms with Crippen molar-refractivity contribution in [3.05, 3.63) is 47.7 Å². The Morgan fingerprint density at radius 2 is 1.84 bits per heavy atom. The molecule has 0 aliphatic carbocycles. The average Bonchev–Trinajstić information content (AvgIpc) is 2.59. The molecule has 0 saturated carbocycles. The molecule has 0 aromatic heterocycles. The molecular weight excluding hydrogens is 312 g/mol. The summed E-state index contributed by atoms with van der Waals surface area (Å²) in [6, 6.07) is 10.5. The minimum atomic E-state index is -0.0566. The van der Waals surface area contributed by atoms with Crippen molar-refractivity contribution in [2.75, 3.05) is 13.1 Å². The van der Waals surface area contributed by atoms with Crippen LogP contribution < -0.4 is 5.32 Å². The van der Waals surface area contributed by atoms with E-state index in [1.54, 1.807) is 11.0 Å². The van der Waals surface area contributed by atoms with Crippen LogP contribution in [0.3, 0.4) is 0 Å². The van der Waals surface area contributed by atoms with Gasteiger partial charge in [-0.1, -0.05) is 57.5 Å². The third-order valence-corrected chi connectivity index (χ3v) is 5.06. The topological polar surface area (TPSA) is 49.4 Å². The lowest BCUT2D eigenvalue weighted by molar-refractivity contribution is -0.139. The van der Waals surface area contributed by atoms with Gasteiger partial charge in [-0.3, -0.25) is 9.59 Å². The van der Waals surface area contributed by atoms with E-state index in [1.165, 1.54) is 5.56 Å². The molecule has 0 fully saturated rings. The molecule has 3 atom stereocenters. The molecule has 4 nitrogen and oxygen atoms in total. The molecule has 3 unspecified atom stereocenters. The number of nitrogens with one attached hydrogen (secondary N) is 1. The van der Waals surface area contributed by atoms with Gasteiger partial charge in [-0.15, -0.1) is 0 Å². The van der Waals surface area contributed by atoms with Crippen molar-refractivity contribution in [1.29, 1.82) is 0 Å². The van der Waals surface area contributed by atoms with Crippen molar-refractivity contribution in [2.45, 2.75) is 46.6 Å². The Morgan fingerprint density at radius 1 is 1.16 bits per heavy atom. The molecule has 1 amide bonds. The third-order valence-electron chi connectivity index (χ3n) is 5.06. The number of nitrogens with zero attached hydrogens (tertiary/aromatic N) is 1. The average molecular weight is 342 g/mol. The van der Waals surface area contributed by atoms with Crippen molar-refractivity contribution in [1.82, 2.24) is 10.2 Å². The highest BCUT2D eigenvalue weighted by Crippen LogP contribution is 2.19. The Bertz CT molecular complexity index is 624. The molecule has 4 heteroatoms. The summed E-state index contributed by atoms with van der Waals surface area (Å²) in [7, 11) is 0. The normalized spacial score (nSPS) is 18.3. The van der Waals surface area contributed by atoms with Crippen LogP contribution >= 0.6 is 0 Å². The van der Waals surface area contributed by atoms with Crippen molar-refractivity contribution in [3.63, 3.8) is 0 Å². The van der Waals surface area contributed by atoms with Crippen LogP contribution in [0.1, 0.15) is 39.7 Å². The Morgan fingerprint density at radius 3 is 2.48 bits per heavy atom. The molecule has 0 bridgehead atoms. The molecule has 1 aromatic rings. The summed E-state index contributed by atoms with van der Waals surface area (Å²) in [6.07, 6.45) is 3.49. The zero-order chi connectivity index (χ0) is 18.4. The molecule has 1 heterocycles. The number of benzene rings is 1. The molecule has 0 radical (unpaired) electrons. The Labute approximate surface area is 151 Å². The quantitative estimate of drug-likeness (QED) is 0.828. The predicted octanol–water partition coefficient (Wildman–Crippen LogP) is 3.18. The van der Waals surface area contributed by atoms with Gasteiger partial charge in [0.2, 0.25) is 5.91 Å². The summed E-state index contributed by atoms with van der Waals surface area (Å²) < 4.78 is 0. The molecule has 0 saturated heterocycles. The van der Waals surface area contributed by atoms with Gasteiger partial charge in [0.1, 0.15) is 0 Å². The zero-order valence-electron chi connectivity index (χ0n) is 15.8. The van der Waals surface area contributed by atoms with Gasteiger partial charge in [0.25, 0.3) is 0 Å². The smallest absolute Gasteiger partial charge is 0.226 e. The van der Waals surface area contributed by atoms with E-state index in [2.05, 4.69) is 38.2 Å². The first kappa shape index (κ1) is 19.2. The lowest BCUT2D eigenvalue weighted by Crippen LogP contribution is -2.46. The van der Waals surface area contributed by atoms with Gasteiger partial charge in [-0.05, 0) is 24.8 Å². The van der Waals surface area contributed by atoms with E-state index in [0.717, 1.165) is 18.5 Å². The van der Waals surface area contributed by atoms with Gasteiger partial charge < -0.3 is 10.2 Å². The highest BCUT2D eigenvalue weighted by atomic mass is 16.2. The second kappa shape index (κ2) is 8.84. The second-order valence-electron chi connectivity index (χ2n) is 7.24. The molecular formula is C21H30N2O2. The van der Waals surface area contributed by atoms with E-state index in [1.807, 2.05) is 25.1 Å². The van der Waals surface area contributed by atoms with Gasteiger partial charge in [0.05, 0.1) is 13.1 Å². The lowest BCUT2D eigenvalue weighted by atomic mass is 9.92. The Hall–Kier alpha value is -2.10. The van der Waals surface area contributed by atoms with Crippen LogP contribution in [-0.2, 0) is 16.0 Å². The molecule has 25 heavy (non-hydrogen) atoms. The molecule has 1 N–H and O–H groups in total. The highest BCUT2D eigenvalue weighted by molar-refractivity contribution is 5.96. The van der Waals surface area contributed by atoms with Gasteiger partial charge in [0.15, 0.2) is 5.78 Å². The monoisotopic (exact) mass is 342 g/mol. The second-order valence-corrected chi connectivity index (χ2v) is 7.24. The predicted molar refractivity (Wildman–Crippen MR) is 101 cm³/mol. The van der Waals surface area contributed by atoms with Gasteiger partial charge >= 0.3 is 0 Å². The maximum absolute atomic E-state index is 12.7. The molecule has 0 spiro atoms. The SMILES string of the molecule is CCC(C)C(C)C(=O)N1CC(=O)C=C(NC(C)Cc2ccccc2)C1. The number of carbonyl (C=O) groups excluding carboxylic acids is 2. The first-order valence-corrected chi connectivity index (χ1v) is 9.23. The van der Waals surface area contributed by atoms with Crippen LogP contribution in [0.5, 0.6) is 0 Å². The minimum absolute atomic E-state index is 0.00892. The third kappa shape index (κ3) is 5.45. The van der Waals surface area contributed by atoms with Crippen LogP contribution in [0.15, 0.2) is 42.1 Å². The van der Waals surface area contributed by atoms with Gasteiger partial charge in [-0.2, -0.15) is 0 Å². The molecule has 2 rings (SSSR count). The fourth-order valence-corrected chi connectivity index (χ4v) is 3.20. The fourth-order valence-electron chi connectivity index (χ4n) is 3.20. The van der Waals surface area contributed by atoms with Crippen molar-refractivity contribution in [2.24, 2.45) is 11.8 Å². The first-order chi connectivity index (χ1) is 11.9. The van der Waals surface area contributed by atoms with Gasteiger partial charge in [-0.25, -0.2) is 0 Å². The lowest BCUT2D eigenvalue weighted by Gasteiger charge is -2.32. The van der Waals surface area contributed by atoms with Crippen molar-refractivity contribution >= 4 is 11.7 Å². The Kier molecular flexibility index (Phi) is 6.80. The van der Waals surface area contributed by atoms with Crippen LogP contribution in [0, 0.1) is 11.8 Å². The molecule has 1 aliphatic heterocycles. The summed E-state index contributed by atoms with van der Waals surface area (Å²) in [5, 5.41) is 3.41. The summed E-state index contributed by atoms with van der Waals surface area (Å²) in [5.74, 6) is 0.331. The molecule has 1 aliphatic rings. The van der Waals surface area contributed by atoms with Crippen molar-refractivity contribution in [3.8, 4) is 0 Å². The number of hydrogen-bond acceptors (Lipinski definition) is 3. The highest BCUT2D eigenvalue weighted by Gasteiger charge is 2.28. The van der Waals surface area contributed by atoms with Crippen LogP contribution in [0.4, 0.5) is 0 Å².